The van der Waals surface area contributed by atoms with Gasteiger partial charge in [0.1, 0.15) is 4.83 Å². The molecule has 2 rings (SSSR count). The molecule has 18 heavy (non-hydrogen) atoms. The van der Waals surface area contributed by atoms with Crippen molar-refractivity contribution < 1.29 is 9.53 Å². The van der Waals surface area contributed by atoms with Crippen LogP contribution in [-0.4, -0.2) is 22.5 Å². The van der Waals surface area contributed by atoms with Crippen molar-refractivity contribution in [2.24, 2.45) is 0 Å². The van der Waals surface area contributed by atoms with Gasteiger partial charge in [-0.15, -0.1) is 0 Å². The second kappa shape index (κ2) is 5.57. The Morgan fingerprint density at radius 3 is 2.89 bits per heavy atom. The summed E-state index contributed by atoms with van der Waals surface area (Å²) in [5.74, 6) is -0.245. The number of para-hydroxylation sites is 1. The lowest BCUT2D eigenvalue weighted by molar-refractivity contribution is -0.140. The number of carbonyl (C=O) groups excluding carboxylic acids is 1. The van der Waals surface area contributed by atoms with Crippen molar-refractivity contribution in [1.82, 2.24) is 4.57 Å². The number of benzene rings is 1. The van der Waals surface area contributed by atoms with Gasteiger partial charge >= 0.3 is 5.97 Å². The second-order valence-electron chi connectivity index (χ2n) is 4.17. The number of hydrogen-bond acceptors (Lipinski definition) is 2. The molecular weight excluding hydrogens is 294 g/mol. The molecule has 0 saturated carbocycles. The van der Waals surface area contributed by atoms with Crippen molar-refractivity contribution in [3.05, 3.63) is 36.0 Å². The quantitative estimate of drug-likeness (QED) is 0.642. The van der Waals surface area contributed by atoms with Crippen LogP contribution in [-0.2, 0) is 22.5 Å². The molecule has 1 unspecified atom stereocenters. The molecule has 0 aliphatic carbocycles. The van der Waals surface area contributed by atoms with Crippen molar-refractivity contribution in [3.63, 3.8) is 0 Å². The molecule has 4 heteroatoms. The van der Waals surface area contributed by atoms with Gasteiger partial charge in [0.2, 0.25) is 0 Å². The van der Waals surface area contributed by atoms with Gasteiger partial charge in [-0.25, -0.2) is 0 Å². The molecule has 1 atom stereocenters. The van der Waals surface area contributed by atoms with E-state index in [0.717, 1.165) is 6.42 Å². The van der Waals surface area contributed by atoms with Crippen molar-refractivity contribution in [3.8, 4) is 0 Å². The zero-order valence-electron chi connectivity index (χ0n) is 10.5. The Balaban J connectivity index is 2.37. The van der Waals surface area contributed by atoms with Crippen molar-refractivity contribution in [1.29, 1.82) is 0 Å². The summed E-state index contributed by atoms with van der Waals surface area (Å²) in [6.07, 6.45) is 2.99. The van der Waals surface area contributed by atoms with E-state index in [1.165, 1.54) is 23.6 Å². The highest BCUT2D eigenvalue weighted by atomic mass is 79.9. The number of fused-ring (bicyclic) bond motifs is 1. The number of rotatable bonds is 4. The van der Waals surface area contributed by atoms with Crippen LogP contribution in [0.3, 0.4) is 0 Å². The van der Waals surface area contributed by atoms with Crippen LogP contribution >= 0.6 is 15.9 Å². The molecular formula is C14H16BrNO2. The van der Waals surface area contributed by atoms with E-state index in [0.29, 0.717) is 6.54 Å². The fourth-order valence-electron chi connectivity index (χ4n) is 2.15. The summed E-state index contributed by atoms with van der Waals surface area (Å²) < 4.78 is 6.83. The number of ether oxygens (including phenoxy) is 1. The maximum absolute atomic E-state index is 11.4. The monoisotopic (exact) mass is 309 g/mol. The molecule has 1 aromatic heterocycles. The Hall–Kier alpha value is -1.29. The Morgan fingerprint density at radius 2 is 2.22 bits per heavy atom. The predicted molar refractivity (Wildman–Crippen MR) is 76.0 cm³/mol. The van der Waals surface area contributed by atoms with E-state index in [-0.39, 0.29) is 10.8 Å². The van der Waals surface area contributed by atoms with Crippen LogP contribution in [0.5, 0.6) is 0 Å². The average Bonchev–Trinajstić information content (AvgIpc) is 2.81. The number of carbonyl (C=O) groups is 1. The van der Waals surface area contributed by atoms with E-state index in [1.807, 2.05) is 6.20 Å². The van der Waals surface area contributed by atoms with Crippen molar-refractivity contribution in [2.75, 3.05) is 7.11 Å². The van der Waals surface area contributed by atoms with E-state index in [4.69, 9.17) is 4.74 Å². The van der Waals surface area contributed by atoms with Gasteiger partial charge in [0, 0.05) is 12.7 Å². The summed E-state index contributed by atoms with van der Waals surface area (Å²) in [5.41, 5.74) is 2.50. The summed E-state index contributed by atoms with van der Waals surface area (Å²) in [4.78, 5) is 11.1. The van der Waals surface area contributed by atoms with Crippen LogP contribution in [0.1, 0.15) is 12.5 Å². The maximum Gasteiger partial charge on any atom is 0.321 e. The van der Waals surface area contributed by atoms with Crippen LogP contribution in [0.4, 0.5) is 0 Å². The molecule has 0 bridgehead atoms. The topological polar surface area (TPSA) is 31.2 Å². The van der Waals surface area contributed by atoms with Gasteiger partial charge in [-0.3, -0.25) is 4.79 Å². The van der Waals surface area contributed by atoms with Gasteiger partial charge in [-0.05, 0) is 23.4 Å². The number of aromatic nitrogens is 1. The summed E-state index contributed by atoms with van der Waals surface area (Å²) in [6.45, 7) is 2.71. The fourth-order valence-corrected chi connectivity index (χ4v) is 2.65. The minimum atomic E-state index is -0.317. The van der Waals surface area contributed by atoms with Gasteiger partial charge in [0.25, 0.3) is 0 Å². The van der Waals surface area contributed by atoms with E-state index in [9.17, 15) is 4.79 Å². The molecule has 0 radical (unpaired) electrons. The SMILES string of the molecule is CCc1cccc2ccn(CC(Br)C(=O)OC)c12. The summed E-state index contributed by atoms with van der Waals surface area (Å²) >= 11 is 3.36. The molecule has 0 N–H and O–H groups in total. The minimum absolute atomic E-state index is 0.245. The standard InChI is InChI=1S/C14H16BrNO2/c1-3-10-5-4-6-11-7-8-16(13(10)11)9-12(15)14(17)18-2/h4-8,12H,3,9H2,1-2H3. The number of esters is 1. The number of hydrogen-bond donors (Lipinski definition) is 0. The summed E-state index contributed by atoms with van der Waals surface area (Å²) in [6, 6.07) is 8.36. The molecule has 0 aliphatic heterocycles. The van der Waals surface area contributed by atoms with Crippen molar-refractivity contribution in [2.45, 2.75) is 24.7 Å². The van der Waals surface area contributed by atoms with Gasteiger partial charge < -0.3 is 9.30 Å². The third-order valence-electron chi connectivity index (χ3n) is 3.07. The van der Waals surface area contributed by atoms with E-state index in [1.54, 1.807) is 0 Å². The van der Waals surface area contributed by atoms with Gasteiger partial charge in [-0.1, -0.05) is 41.1 Å². The van der Waals surface area contributed by atoms with Gasteiger partial charge in [-0.2, -0.15) is 0 Å². The molecule has 0 amide bonds. The Bertz CT molecular complexity index is 562. The molecule has 3 nitrogen and oxygen atoms in total. The smallest absolute Gasteiger partial charge is 0.321 e. The first-order chi connectivity index (χ1) is 8.67. The molecule has 0 fully saturated rings. The number of methoxy groups -OCH3 is 1. The first-order valence-corrected chi connectivity index (χ1v) is 6.87. The molecule has 96 valence electrons. The van der Waals surface area contributed by atoms with Crippen LogP contribution in [0, 0.1) is 0 Å². The van der Waals surface area contributed by atoms with Crippen LogP contribution in [0.2, 0.25) is 0 Å². The van der Waals surface area contributed by atoms with Gasteiger partial charge in [0.15, 0.2) is 0 Å². The molecule has 0 spiro atoms. The normalized spacial score (nSPS) is 12.6. The second-order valence-corrected chi connectivity index (χ2v) is 5.27. The summed E-state index contributed by atoms with van der Waals surface area (Å²) in [5, 5.41) is 1.21. The molecule has 1 aromatic carbocycles. The minimum Gasteiger partial charge on any atom is -0.468 e. The number of alkyl halides is 1. The van der Waals surface area contributed by atoms with Crippen molar-refractivity contribution >= 4 is 32.8 Å². The molecule has 1 heterocycles. The Kier molecular flexibility index (Phi) is 4.07. The van der Waals surface area contributed by atoms with E-state index >= 15 is 0 Å². The van der Waals surface area contributed by atoms with E-state index in [2.05, 4.69) is 51.7 Å². The number of nitrogens with zero attached hydrogens (tertiary/aromatic N) is 1. The Labute approximate surface area is 115 Å². The predicted octanol–water partition coefficient (Wildman–Crippen LogP) is 3.14. The lowest BCUT2D eigenvalue weighted by Crippen LogP contribution is -2.21. The number of aryl methyl sites for hydroxylation is 1. The number of halogens is 1. The molecule has 0 aliphatic rings. The lowest BCUT2D eigenvalue weighted by atomic mass is 10.1. The fraction of sp³-hybridized carbons (Fsp3) is 0.357. The first-order valence-electron chi connectivity index (χ1n) is 5.96. The van der Waals surface area contributed by atoms with Gasteiger partial charge in [0.05, 0.1) is 12.6 Å². The molecule has 2 aromatic rings. The van der Waals surface area contributed by atoms with E-state index < -0.39 is 0 Å². The highest BCUT2D eigenvalue weighted by Gasteiger charge is 2.17. The highest BCUT2D eigenvalue weighted by molar-refractivity contribution is 9.10. The lowest BCUT2D eigenvalue weighted by Gasteiger charge is -2.12. The van der Waals surface area contributed by atoms with Crippen LogP contribution in [0.15, 0.2) is 30.5 Å². The third kappa shape index (κ3) is 2.43. The zero-order chi connectivity index (χ0) is 13.1. The van der Waals surface area contributed by atoms with Crippen LogP contribution in [0.25, 0.3) is 10.9 Å². The molecule has 0 saturated heterocycles. The highest BCUT2D eigenvalue weighted by Crippen LogP contribution is 2.22. The summed E-state index contributed by atoms with van der Waals surface area (Å²) in [7, 11) is 1.40. The zero-order valence-corrected chi connectivity index (χ0v) is 12.1. The first kappa shape index (κ1) is 13.1. The Morgan fingerprint density at radius 1 is 1.44 bits per heavy atom. The largest absolute Gasteiger partial charge is 0.468 e. The third-order valence-corrected chi connectivity index (χ3v) is 3.73. The maximum atomic E-state index is 11.4. The average molecular weight is 310 g/mol. The van der Waals surface area contributed by atoms with Crippen LogP contribution < -0.4 is 0 Å².